The number of imidazole rings is 1. The Morgan fingerprint density at radius 3 is 2.50 bits per heavy atom. The number of anilines is 1. The molecule has 0 bridgehead atoms. The van der Waals surface area contributed by atoms with E-state index in [1.807, 2.05) is 20.0 Å². The summed E-state index contributed by atoms with van der Waals surface area (Å²) in [5.74, 6) is 1.31. The van der Waals surface area contributed by atoms with Crippen molar-refractivity contribution in [2.24, 2.45) is 11.8 Å². The van der Waals surface area contributed by atoms with Crippen molar-refractivity contribution >= 4 is 5.82 Å². The molecule has 0 spiro atoms. The molecule has 2 atom stereocenters. The zero-order valence-electron chi connectivity index (χ0n) is 14.5. The van der Waals surface area contributed by atoms with Crippen LogP contribution in [0.5, 0.6) is 0 Å². The zero-order valence-corrected chi connectivity index (χ0v) is 14.5. The molecule has 2 aliphatic carbocycles. The third-order valence-corrected chi connectivity index (χ3v) is 5.49. The van der Waals surface area contributed by atoms with Gasteiger partial charge in [0.15, 0.2) is 0 Å². The molecule has 0 radical (unpaired) electrons. The van der Waals surface area contributed by atoms with Crippen LogP contribution in [-0.2, 0) is 6.18 Å². The maximum atomic E-state index is 13.1. The Morgan fingerprint density at radius 1 is 1.27 bits per heavy atom. The van der Waals surface area contributed by atoms with E-state index >= 15 is 0 Å². The molecule has 2 aliphatic rings. The lowest BCUT2D eigenvalue weighted by molar-refractivity contribution is -0.137. The number of alkyl halides is 3. The number of halogens is 3. The van der Waals surface area contributed by atoms with Gasteiger partial charge in [-0.15, -0.1) is 0 Å². The fourth-order valence-electron chi connectivity index (χ4n) is 4.25. The van der Waals surface area contributed by atoms with Crippen molar-refractivity contribution in [3.05, 3.63) is 29.8 Å². The Morgan fingerprint density at radius 2 is 1.92 bits per heavy atom. The normalized spacial score (nSPS) is 27.8. The molecule has 2 saturated carbocycles. The Bertz CT molecular complexity index is 833. The summed E-state index contributed by atoms with van der Waals surface area (Å²) in [7, 11) is 0. The maximum Gasteiger partial charge on any atom is 0.419 e. The first-order chi connectivity index (χ1) is 12.2. The van der Waals surface area contributed by atoms with Crippen LogP contribution in [0.2, 0.25) is 0 Å². The average Bonchev–Trinajstić information content (AvgIpc) is 2.91. The van der Waals surface area contributed by atoms with Crippen LogP contribution >= 0.6 is 0 Å². The number of hydrogen-bond donors (Lipinski definition) is 2. The number of hydrogen-bond acceptors (Lipinski definition) is 4. The van der Waals surface area contributed by atoms with E-state index in [-0.39, 0.29) is 18.1 Å². The third kappa shape index (κ3) is 2.76. The Hall–Kier alpha value is -2.09. The number of nitrogens with two attached hydrogens (primary N) is 1. The molecule has 2 unspecified atom stereocenters. The van der Waals surface area contributed by atoms with Crippen molar-refractivity contribution in [3.63, 3.8) is 0 Å². The summed E-state index contributed by atoms with van der Waals surface area (Å²) in [6.45, 7) is 4.02. The van der Waals surface area contributed by atoms with Crippen molar-refractivity contribution in [2.75, 3.05) is 5.73 Å². The van der Waals surface area contributed by atoms with Crippen molar-refractivity contribution < 1.29 is 18.3 Å². The molecule has 140 valence electrons. The molecule has 2 aromatic heterocycles. The van der Waals surface area contributed by atoms with Crippen LogP contribution in [0.15, 0.2) is 18.5 Å². The SMILES string of the molecule is CC(C)c1nc(-c2cnc(N)c(C(F)(F)F)c2)cn1C1C2CC(O)CC21. The van der Waals surface area contributed by atoms with Crippen LogP contribution in [0.25, 0.3) is 11.3 Å². The molecular weight excluding hydrogens is 345 g/mol. The van der Waals surface area contributed by atoms with Gasteiger partial charge in [-0.3, -0.25) is 0 Å². The Labute approximate surface area is 149 Å². The number of aliphatic hydroxyl groups excluding tert-OH is 1. The second-order valence-electron chi connectivity index (χ2n) is 7.64. The summed E-state index contributed by atoms with van der Waals surface area (Å²) in [6, 6.07) is 1.29. The molecular formula is C18H21F3N4O. The van der Waals surface area contributed by atoms with Crippen LogP contribution < -0.4 is 5.73 Å². The zero-order chi connectivity index (χ0) is 18.8. The van der Waals surface area contributed by atoms with Gasteiger partial charge in [-0.2, -0.15) is 13.2 Å². The fourth-order valence-corrected chi connectivity index (χ4v) is 4.25. The van der Waals surface area contributed by atoms with Gasteiger partial charge in [0.1, 0.15) is 11.6 Å². The van der Waals surface area contributed by atoms with Gasteiger partial charge in [0.25, 0.3) is 0 Å². The van der Waals surface area contributed by atoms with E-state index < -0.39 is 17.6 Å². The number of nitrogens with zero attached hydrogens (tertiary/aromatic N) is 3. The number of pyridine rings is 1. The van der Waals surface area contributed by atoms with Crippen molar-refractivity contribution in [2.45, 2.75) is 50.9 Å². The topological polar surface area (TPSA) is 77.0 Å². The molecule has 0 aliphatic heterocycles. The Kier molecular flexibility index (Phi) is 3.80. The number of aromatic nitrogens is 3. The van der Waals surface area contributed by atoms with Gasteiger partial charge in [-0.1, -0.05) is 13.8 Å². The standard InChI is InChI=1S/C18H21F3N4O/c1-8(2)17-24-14(7-25(17)15-11-4-10(26)5-12(11)15)9-3-13(18(19,20)21)16(22)23-6-9/h3,6-8,10-12,15,26H,4-5H2,1-2H3,(H2,22,23). The maximum absolute atomic E-state index is 13.1. The van der Waals surface area contributed by atoms with Crippen molar-refractivity contribution in [3.8, 4) is 11.3 Å². The minimum Gasteiger partial charge on any atom is -0.393 e. The molecule has 5 nitrogen and oxygen atoms in total. The number of nitrogen functional groups attached to an aromatic ring is 1. The lowest BCUT2D eigenvalue weighted by atomic mass is 10.1. The van der Waals surface area contributed by atoms with E-state index in [4.69, 9.17) is 5.73 Å². The summed E-state index contributed by atoms with van der Waals surface area (Å²) in [5.41, 5.74) is 5.22. The molecule has 0 aromatic carbocycles. The summed E-state index contributed by atoms with van der Waals surface area (Å²) >= 11 is 0. The predicted octanol–water partition coefficient (Wildman–Crippen LogP) is 3.61. The largest absolute Gasteiger partial charge is 0.419 e. The second-order valence-corrected chi connectivity index (χ2v) is 7.64. The summed E-state index contributed by atoms with van der Waals surface area (Å²) in [5, 5.41) is 9.74. The van der Waals surface area contributed by atoms with Gasteiger partial charge in [-0.05, 0) is 30.7 Å². The average molecular weight is 366 g/mol. The quantitative estimate of drug-likeness (QED) is 0.870. The minimum absolute atomic E-state index is 0.138. The fraction of sp³-hybridized carbons (Fsp3) is 0.556. The first-order valence-electron chi connectivity index (χ1n) is 8.76. The molecule has 3 N–H and O–H groups in total. The van der Waals surface area contributed by atoms with E-state index in [0.29, 0.717) is 23.1 Å². The van der Waals surface area contributed by atoms with Crippen LogP contribution in [0.1, 0.15) is 50.0 Å². The van der Waals surface area contributed by atoms with Gasteiger partial charge in [0, 0.05) is 29.9 Å². The number of fused-ring (bicyclic) bond motifs is 1. The summed E-state index contributed by atoms with van der Waals surface area (Å²) in [6.07, 6.45) is -0.0800. The van der Waals surface area contributed by atoms with E-state index in [1.54, 1.807) is 0 Å². The van der Waals surface area contributed by atoms with E-state index in [0.717, 1.165) is 24.7 Å². The first-order valence-corrected chi connectivity index (χ1v) is 8.76. The highest BCUT2D eigenvalue weighted by Gasteiger charge is 2.57. The van der Waals surface area contributed by atoms with Crippen LogP contribution in [-0.4, -0.2) is 25.7 Å². The highest BCUT2D eigenvalue weighted by atomic mass is 19.4. The predicted molar refractivity (Wildman–Crippen MR) is 90.2 cm³/mol. The molecule has 2 fully saturated rings. The van der Waals surface area contributed by atoms with E-state index in [2.05, 4.69) is 14.5 Å². The van der Waals surface area contributed by atoms with Gasteiger partial charge in [0.2, 0.25) is 0 Å². The highest BCUT2D eigenvalue weighted by molar-refractivity contribution is 5.62. The monoisotopic (exact) mass is 366 g/mol. The molecule has 26 heavy (non-hydrogen) atoms. The van der Waals surface area contributed by atoms with E-state index in [1.165, 1.54) is 6.20 Å². The molecule has 8 heteroatoms. The van der Waals surface area contributed by atoms with Gasteiger partial charge < -0.3 is 15.4 Å². The second kappa shape index (κ2) is 5.70. The number of rotatable bonds is 3. The third-order valence-electron chi connectivity index (χ3n) is 5.49. The smallest absolute Gasteiger partial charge is 0.393 e. The molecule has 2 aromatic rings. The van der Waals surface area contributed by atoms with Crippen LogP contribution in [0.3, 0.4) is 0 Å². The van der Waals surface area contributed by atoms with Crippen molar-refractivity contribution in [1.29, 1.82) is 0 Å². The molecule has 0 amide bonds. The van der Waals surface area contributed by atoms with Crippen LogP contribution in [0, 0.1) is 11.8 Å². The lowest BCUT2D eigenvalue weighted by Gasteiger charge is -2.13. The van der Waals surface area contributed by atoms with Crippen molar-refractivity contribution in [1.82, 2.24) is 14.5 Å². The van der Waals surface area contributed by atoms with Gasteiger partial charge >= 0.3 is 6.18 Å². The molecule has 4 rings (SSSR count). The molecule has 2 heterocycles. The Balaban J connectivity index is 1.72. The molecule has 0 saturated heterocycles. The highest BCUT2D eigenvalue weighted by Crippen LogP contribution is 2.61. The summed E-state index contributed by atoms with van der Waals surface area (Å²) < 4.78 is 41.4. The van der Waals surface area contributed by atoms with Crippen LogP contribution in [0.4, 0.5) is 19.0 Å². The van der Waals surface area contributed by atoms with Gasteiger partial charge in [-0.25, -0.2) is 9.97 Å². The lowest BCUT2D eigenvalue weighted by Crippen LogP contribution is -2.11. The first kappa shape index (κ1) is 17.3. The summed E-state index contributed by atoms with van der Waals surface area (Å²) in [4.78, 5) is 8.30. The number of aliphatic hydroxyl groups is 1. The van der Waals surface area contributed by atoms with E-state index in [9.17, 15) is 18.3 Å². The van der Waals surface area contributed by atoms with Gasteiger partial charge in [0.05, 0.1) is 17.4 Å². The minimum atomic E-state index is -4.56.